The normalized spacial score (nSPS) is 14.7. The highest BCUT2D eigenvalue weighted by Gasteiger charge is 2.31. The molecule has 0 saturated carbocycles. The molecule has 2 aromatic rings. The number of nitrogens with one attached hydrogen (secondary N) is 1. The molecule has 3 rings (SSSR count). The molecule has 33 heavy (non-hydrogen) atoms. The number of aliphatic hydroxyl groups is 2. The molecule has 0 aliphatic heterocycles. The number of thioether (sulfide) groups is 1. The molecule has 0 heterocycles. The second-order valence-electron chi connectivity index (χ2n) is 8.93. The van der Waals surface area contributed by atoms with Gasteiger partial charge in [-0.2, -0.15) is 11.8 Å². The lowest BCUT2D eigenvalue weighted by Gasteiger charge is -2.24. The standard InChI is InChI=1S/C25H31NO6S/c1-25(2,3)32-23(29)22(15-33-14-16(28)12-27)26-24(30)31-13-21-19-10-6-4-8-17(19)18-9-5-7-11-20(18)21/h4-11,16,21-22,27-28H,12-15H2,1-3H3,(H,26,30)/t16-,22-/m0/s1. The highest BCUT2D eigenvalue weighted by Crippen LogP contribution is 2.44. The predicted molar refractivity (Wildman–Crippen MR) is 128 cm³/mol. The lowest BCUT2D eigenvalue weighted by molar-refractivity contribution is -0.156. The van der Waals surface area contributed by atoms with E-state index >= 15 is 0 Å². The third kappa shape index (κ3) is 6.72. The summed E-state index contributed by atoms with van der Waals surface area (Å²) in [5, 5.41) is 21.1. The SMILES string of the molecule is CC(C)(C)OC(=O)[C@H](CSC[C@@H](O)CO)NC(=O)OCC1c2ccccc2-c2ccccc21. The molecule has 0 radical (unpaired) electrons. The van der Waals surface area contributed by atoms with Crippen molar-refractivity contribution in [2.75, 3.05) is 24.7 Å². The fourth-order valence-electron chi connectivity index (χ4n) is 3.70. The van der Waals surface area contributed by atoms with Crippen molar-refractivity contribution in [3.05, 3.63) is 59.7 Å². The zero-order valence-corrected chi connectivity index (χ0v) is 19.9. The lowest BCUT2D eigenvalue weighted by Crippen LogP contribution is -2.46. The van der Waals surface area contributed by atoms with Gasteiger partial charge in [0.25, 0.3) is 0 Å². The molecule has 0 bridgehead atoms. The first-order valence-corrected chi connectivity index (χ1v) is 12.1. The van der Waals surface area contributed by atoms with Crippen LogP contribution in [0.4, 0.5) is 4.79 Å². The van der Waals surface area contributed by atoms with E-state index in [0.717, 1.165) is 22.3 Å². The van der Waals surface area contributed by atoms with Crippen LogP contribution < -0.4 is 5.32 Å². The zero-order chi connectivity index (χ0) is 24.0. The molecule has 2 aromatic carbocycles. The van der Waals surface area contributed by atoms with Gasteiger partial charge >= 0.3 is 12.1 Å². The Morgan fingerprint density at radius 1 is 1.03 bits per heavy atom. The number of carbonyl (C=O) groups excluding carboxylic acids is 2. The molecule has 7 nitrogen and oxygen atoms in total. The smallest absolute Gasteiger partial charge is 0.407 e. The summed E-state index contributed by atoms with van der Waals surface area (Å²) in [5.74, 6) is -0.266. The third-order valence-corrected chi connectivity index (χ3v) is 6.32. The first kappa shape index (κ1) is 25.1. The number of rotatable bonds is 9. The van der Waals surface area contributed by atoms with Crippen LogP contribution in [0, 0.1) is 0 Å². The first-order valence-electron chi connectivity index (χ1n) is 10.9. The lowest BCUT2D eigenvalue weighted by atomic mass is 9.98. The van der Waals surface area contributed by atoms with E-state index in [1.807, 2.05) is 36.4 Å². The van der Waals surface area contributed by atoms with E-state index in [4.69, 9.17) is 14.6 Å². The summed E-state index contributed by atoms with van der Waals surface area (Å²) >= 11 is 1.23. The van der Waals surface area contributed by atoms with Gasteiger partial charge in [0.05, 0.1) is 12.7 Å². The molecule has 0 saturated heterocycles. The van der Waals surface area contributed by atoms with Crippen LogP contribution in [-0.4, -0.2) is 64.7 Å². The van der Waals surface area contributed by atoms with Crippen molar-refractivity contribution in [3.63, 3.8) is 0 Å². The molecule has 2 atom stereocenters. The highest BCUT2D eigenvalue weighted by molar-refractivity contribution is 7.99. The van der Waals surface area contributed by atoms with Crippen LogP contribution in [0.25, 0.3) is 11.1 Å². The molecule has 1 aliphatic rings. The van der Waals surface area contributed by atoms with Gasteiger partial charge in [0.1, 0.15) is 18.2 Å². The summed E-state index contributed by atoms with van der Waals surface area (Å²) in [6.07, 6.45) is -1.61. The minimum absolute atomic E-state index is 0.0859. The number of alkyl carbamates (subject to hydrolysis) is 1. The van der Waals surface area contributed by atoms with E-state index < -0.39 is 29.8 Å². The van der Waals surface area contributed by atoms with Crippen LogP contribution in [0.15, 0.2) is 48.5 Å². The maximum atomic E-state index is 12.6. The molecular formula is C25H31NO6S. The molecular weight excluding hydrogens is 442 g/mol. The van der Waals surface area contributed by atoms with Gasteiger partial charge in [-0.05, 0) is 43.0 Å². The van der Waals surface area contributed by atoms with Crippen molar-refractivity contribution >= 4 is 23.8 Å². The number of fused-ring (bicyclic) bond motifs is 3. The number of benzene rings is 2. The average molecular weight is 474 g/mol. The van der Waals surface area contributed by atoms with E-state index in [2.05, 4.69) is 17.4 Å². The highest BCUT2D eigenvalue weighted by atomic mass is 32.2. The Bertz CT molecular complexity index is 928. The van der Waals surface area contributed by atoms with E-state index in [-0.39, 0.29) is 30.6 Å². The van der Waals surface area contributed by atoms with E-state index in [0.29, 0.717) is 0 Å². The maximum absolute atomic E-state index is 12.6. The number of ether oxygens (including phenoxy) is 2. The number of hydrogen-bond acceptors (Lipinski definition) is 7. The summed E-state index contributed by atoms with van der Waals surface area (Å²) in [6, 6.07) is 15.2. The fourth-order valence-corrected chi connectivity index (χ4v) is 4.67. The Kier molecular flexibility index (Phi) is 8.40. The zero-order valence-electron chi connectivity index (χ0n) is 19.1. The van der Waals surface area contributed by atoms with Crippen LogP contribution in [0.1, 0.15) is 37.8 Å². The quantitative estimate of drug-likeness (QED) is 0.480. The molecule has 0 unspecified atom stereocenters. The monoisotopic (exact) mass is 473 g/mol. The molecule has 0 aromatic heterocycles. The fraction of sp³-hybridized carbons (Fsp3) is 0.440. The molecule has 1 amide bonds. The summed E-state index contributed by atoms with van der Waals surface area (Å²) in [4.78, 5) is 25.2. The van der Waals surface area contributed by atoms with Crippen molar-refractivity contribution in [1.82, 2.24) is 5.32 Å². The van der Waals surface area contributed by atoms with E-state index in [1.54, 1.807) is 20.8 Å². The van der Waals surface area contributed by atoms with Crippen LogP contribution in [-0.2, 0) is 14.3 Å². The van der Waals surface area contributed by atoms with Gasteiger partial charge < -0.3 is 25.0 Å². The van der Waals surface area contributed by atoms with Crippen LogP contribution >= 0.6 is 11.8 Å². The van der Waals surface area contributed by atoms with Crippen molar-refractivity contribution in [3.8, 4) is 11.1 Å². The van der Waals surface area contributed by atoms with Gasteiger partial charge in [-0.1, -0.05) is 48.5 Å². The van der Waals surface area contributed by atoms with Crippen LogP contribution in [0.5, 0.6) is 0 Å². The van der Waals surface area contributed by atoms with Gasteiger partial charge in [-0.25, -0.2) is 9.59 Å². The number of amides is 1. The van der Waals surface area contributed by atoms with Crippen LogP contribution in [0.3, 0.4) is 0 Å². The van der Waals surface area contributed by atoms with E-state index in [9.17, 15) is 14.7 Å². The summed E-state index contributed by atoms with van der Waals surface area (Å²) < 4.78 is 11.0. The second kappa shape index (κ2) is 11.0. The maximum Gasteiger partial charge on any atom is 0.407 e. The van der Waals surface area contributed by atoms with Crippen molar-refractivity contribution in [2.24, 2.45) is 0 Å². The Morgan fingerprint density at radius 2 is 1.61 bits per heavy atom. The first-order chi connectivity index (χ1) is 15.7. The van der Waals surface area contributed by atoms with Crippen molar-refractivity contribution in [2.45, 2.75) is 44.4 Å². The summed E-state index contributed by atoms with van der Waals surface area (Å²) in [7, 11) is 0. The van der Waals surface area contributed by atoms with Crippen molar-refractivity contribution < 1.29 is 29.3 Å². The van der Waals surface area contributed by atoms with Crippen molar-refractivity contribution in [1.29, 1.82) is 0 Å². The molecule has 1 aliphatic carbocycles. The molecule has 3 N–H and O–H groups in total. The number of esters is 1. The Balaban J connectivity index is 1.64. The van der Waals surface area contributed by atoms with Gasteiger partial charge in [0, 0.05) is 17.4 Å². The number of carbonyl (C=O) groups is 2. The van der Waals surface area contributed by atoms with Gasteiger partial charge in [-0.3, -0.25) is 0 Å². The Labute approximate surface area is 198 Å². The summed E-state index contributed by atoms with van der Waals surface area (Å²) in [6.45, 7) is 5.01. The topological polar surface area (TPSA) is 105 Å². The average Bonchev–Trinajstić information content (AvgIpc) is 3.09. The molecule has 0 fully saturated rings. The Hall–Kier alpha value is -2.55. The van der Waals surface area contributed by atoms with Gasteiger partial charge in [-0.15, -0.1) is 0 Å². The second-order valence-corrected chi connectivity index (χ2v) is 10.0. The van der Waals surface area contributed by atoms with Gasteiger partial charge in [0.15, 0.2) is 0 Å². The molecule has 0 spiro atoms. The molecule has 178 valence electrons. The minimum atomic E-state index is -0.948. The van der Waals surface area contributed by atoms with Gasteiger partial charge in [0.2, 0.25) is 0 Å². The van der Waals surface area contributed by atoms with Crippen LogP contribution in [0.2, 0.25) is 0 Å². The largest absolute Gasteiger partial charge is 0.458 e. The number of hydrogen-bond donors (Lipinski definition) is 3. The third-order valence-electron chi connectivity index (χ3n) is 5.13. The predicted octanol–water partition coefficient (Wildman–Crippen LogP) is 3.32. The Morgan fingerprint density at radius 3 is 2.15 bits per heavy atom. The minimum Gasteiger partial charge on any atom is -0.458 e. The number of aliphatic hydroxyl groups excluding tert-OH is 2. The van der Waals surface area contributed by atoms with E-state index in [1.165, 1.54) is 11.8 Å². The summed E-state index contributed by atoms with van der Waals surface area (Å²) in [5.41, 5.74) is 3.75. The molecule has 8 heteroatoms.